The SMILES string of the molecule is NCCCn1ccnc1Cc1cccc(Br)c1. The quantitative estimate of drug-likeness (QED) is 0.921. The molecule has 0 fully saturated rings. The molecule has 4 heteroatoms. The van der Waals surface area contributed by atoms with Crippen molar-refractivity contribution in [3.63, 3.8) is 0 Å². The lowest BCUT2D eigenvalue weighted by Crippen LogP contribution is -2.08. The predicted octanol–water partition coefficient (Wildman–Crippen LogP) is 2.59. The molecule has 3 nitrogen and oxygen atoms in total. The molecular weight excluding hydrogens is 278 g/mol. The van der Waals surface area contributed by atoms with Crippen LogP contribution in [0.15, 0.2) is 41.1 Å². The van der Waals surface area contributed by atoms with Crippen LogP contribution in [0.1, 0.15) is 17.8 Å². The highest BCUT2D eigenvalue weighted by molar-refractivity contribution is 9.10. The molecule has 17 heavy (non-hydrogen) atoms. The van der Waals surface area contributed by atoms with Crippen molar-refractivity contribution in [3.8, 4) is 0 Å². The fourth-order valence-electron chi connectivity index (χ4n) is 1.80. The maximum atomic E-state index is 5.53. The van der Waals surface area contributed by atoms with Gasteiger partial charge >= 0.3 is 0 Å². The van der Waals surface area contributed by atoms with Gasteiger partial charge in [-0.3, -0.25) is 0 Å². The van der Waals surface area contributed by atoms with Crippen molar-refractivity contribution in [3.05, 3.63) is 52.5 Å². The van der Waals surface area contributed by atoms with Gasteiger partial charge in [0.2, 0.25) is 0 Å². The molecule has 1 aromatic carbocycles. The Balaban J connectivity index is 2.10. The third kappa shape index (κ3) is 3.41. The first kappa shape index (κ1) is 12.3. The van der Waals surface area contributed by atoms with Crippen LogP contribution in [0, 0.1) is 0 Å². The molecule has 0 aliphatic rings. The number of hydrogen-bond donors (Lipinski definition) is 1. The molecule has 0 radical (unpaired) electrons. The molecule has 0 saturated heterocycles. The number of rotatable bonds is 5. The van der Waals surface area contributed by atoms with E-state index >= 15 is 0 Å². The monoisotopic (exact) mass is 293 g/mol. The van der Waals surface area contributed by atoms with Crippen LogP contribution in [-0.4, -0.2) is 16.1 Å². The first-order chi connectivity index (χ1) is 8.29. The molecule has 1 aromatic heterocycles. The Hall–Kier alpha value is -1.13. The minimum Gasteiger partial charge on any atom is -0.335 e. The van der Waals surface area contributed by atoms with Crippen LogP contribution >= 0.6 is 15.9 Å². The van der Waals surface area contributed by atoms with Gasteiger partial charge in [-0.15, -0.1) is 0 Å². The summed E-state index contributed by atoms with van der Waals surface area (Å²) in [5.41, 5.74) is 6.79. The van der Waals surface area contributed by atoms with Crippen LogP contribution < -0.4 is 5.73 Å². The summed E-state index contributed by atoms with van der Waals surface area (Å²) in [6.45, 7) is 1.66. The average Bonchev–Trinajstić information content (AvgIpc) is 2.74. The lowest BCUT2D eigenvalue weighted by atomic mass is 10.1. The zero-order valence-electron chi connectivity index (χ0n) is 9.64. The van der Waals surface area contributed by atoms with Gasteiger partial charge in [-0.05, 0) is 30.7 Å². The number of nitrogens with two attached hydrogens (primary N) is 1. The molecule has 90 valence electrons. The number of aromatic nitrogens is 2. The van der Waals surface area contributed by atoms with Crippen LogP contribution in [0.3, 0.4) is 0 Å². The molecule has 2 rings (SSSR count). The summed E-state index contributed by atoms with van der Waals surface area (Å²) in [5, 5.41) is 0. The van der Waals surface area contributed by atoms with Gasteiger partial charge < -0.3 is 10.3 Å². The van der Waals surface area contributed by atoms with Gasteiger partial charge in [0.15, 0.2) is 0 Å². The second kappa shape index (κ2) is 5.98. The fraction of sp³-hybridized carbons (Fsp3) is 0.308. The van der Waals surface area contributed by atoms with Crippen molar-refractivity contribution in [2.24, 2.45) is 5.73 Å². The molecule has 1 heterocycles. The Morgan fingerprint density at radius 1 is 1.35 bits per heavy atom. The number of nitrogens with zero attached hydrogens (tertiary/aromatic N) is 2. The highest BCUT2D eigenvalue weighted by Gasteiger charge is 2.04. The summed E-state index contributed by atoms with van der Waals surface area (Å²) >= 11 is 3.48. The summed E-state index contributed by atoms with van der Waals surface area (Å²) in [5.74, 6) is 1.09. The predicted molar refractivity (Wildman–Crippen MR) is 72.8 cm³/mol. The second-order valence-corrected chi connectivity index (χ2v) is 4.90. The third-order valence-electron chi connectivity index (χ3n) is 2.66. The maximum Gasteiger partial charge on any atom is 0.113 e. The highest BCUT2D eigenvalue weighted by Crippen LogP contribution is 2.14. The molecular formula is C13H16BrN3. The van der Waals surface area contributed by atoms with Gasteiger partial charge in [0.1, 0.15) is 5.82 Å². The summed E-state index contributed by atoms with van der Waals surface area (Å²) in [4.78, 5) is 4.40. The van der Waals surface area contributed by atoms with Crippen molar-refractivity contribution in [1.29, 1.82) is 0 Å². The fourth-order valence-corrected chi connectivity index (χ4v) is 2.25. The van der Waals surface area contributed by atoms with Crippen LogP contribution in [0.4, 0.5) is 0 Å². The molecule has 0 unspecified atom stereocenters. The molecule has 2 N–H and O–H groups in total. The molecule has 0 spiro atoms. The molecule has 0 aliphatic carbocycles. The van der Waals surface area contributed by atoms with E-state index in [0.717, 1.165) is 29.7 Å². The summed E-state index contributed by atoms with van der Waals surface area (Å²) < 4.78 is 3.28. The Kier molecular flexibility index (Phi) is 4.34. The summed E-state index contributed by atoms with van der Waals surface area (Å²) in [7, 11) is 0. The summed E-state index contributed by atoms with van der Waals surface area (Å²) in [6.07, 6.45) is 5.71. The standard InChI is InChI=1S/C13H16BrN3/c14-12-4-1-3-11(9-12)10-13-16-6-8-17(13)7-2-5-15/h1,3-4,6,8-9H,2,5,7,10,15H2. The molecule has 2 aromatic rings. The van der Waals surface area contributed by atoms with E-state index in [1.807, 2.05) is 24.5 Å². The van der Waals surface area contributed by atoms with Crippen molar-refractivity contribution in [1.82, 2.24) is 9.55 Å². The largest absolute Gasteiger partial charge is 0.335 e. The first-order valence-electron chi connectivity index (χ1n) is 5.74. The van der Waals surface area contributed by atoms with E-state index in [1.165, 1.54) is 5.56 Å². The zero-order valence-corrected chi connectivity index (χ0v) is 11.2. The Labute approximate surface area is 110 Å². The van der Waals surface area contributed by atoms with Crippen LogP contribution in [-0.2, 0) is 13.0 Å². The maximum absolute atomic E-state index is 5.53. The van der Waals surface area contributed by atoms with Crippen molar-refractivity contribution in [2.45, 2.75) is 19.4 Å². The van der Waals surface area contributed by atoms with Gasteiger partial charge in [-0.2, -0.15) is 0 Å². The van der Waals surface area contributed by atoms with Gasteiger partial charge in [-0.1, -0.05) is 28.1 Å². The lowest BCUT2D eigenvalue weighted by molar-refractivity contribution is 0.624. The van der Waals surface area contributed by atoms with Gasteiger partial charge in [0.25, 0.3) is 0 Å². The number of aryl methyl sites for hydroxylation is 1. The lowest BCUT2D eigenvalue weighted by Gasteiger charge is -2.07. The highest BCUT2D eigenvalue weighted by atomic mass is 79.9. The number of benzene rings is 1. The van der Waals surface area contributed by atoms with E-state index in [1.54, 1.807) is 0 Å². The Morgan fingerprint density at radius 3 is 3.00 bits per heavy atom. The zero-order chi connectivity index (χ0) is 12.1. The molecule has 0 aliphatic heterocycles. The Bertz CT molecular complexity index is 479. The van der Waals surface area contributed by atoms with Crippen molar-refractivity contribution in [2.75, 3.05) is 6.54 Å². The number of halogens is 1. The van der Waals surface area contributed by atoms with Crippen molar-refractivity contribution < 1.29 is 0 Å². The summed E-state index contributed by atoms with van der Waals surface area (Å²) in [6, 6.07) is 8.33. The third-order valence-corrected chi connectivity index (χ3v) is 3.15. The molecule has 0 atom stereocenters. The van der Waals surface area contributed by atoms with Crippen LogP contribution in [0.25, 0.3) is 0 Å². The van der Waals surface area contributed by atoms with E-state index in [4.69, 9.17) is 5.73 Å². The smallest absolute Gasteiger partial charge is 0.113 e. The molecule has 0 saturated carbocycles. The molecule has 0 bridgehead atoms. The first-order valence-corrected chi connectivity index (χ1v) is 6.53. The van der Waals surface area contributed by atoms with Gasteiger partial charge in [-0.25, -0.2) is 4.98 Å². The normalized spacial score (nSPS) is 10.7. The van der Waals surface area contributed by atoms with E-state index in [2.05, 4.69) is 37.6 Å². The van der Waals surface area contributed by atoms with Crippen LogP contribution in [0.2, 0.25) is 0 Å². The van der Waals surface area contributed by atoms with E-state index in [9.17, 15) is 0 Å². The van der Waals surface area contributed by atoms with E-state index in [0.29, 0.717) is 6.54 Å². The van der Waals surface area contributed by atoms with Gasteiger partial charge in [0.05, 0.1) is 0 Å². The van der Waals surface area contributed by atoms with Gasteiger partial charge in [0, 0.05) is 29.8 Å². The molecule has 0 amide bonds. The number of imidazole rings is 1. The topological polar surface area (TPSA) is 43.8 Å². The minimum absolute atomic E-state index is 0.717. The van der Waals surface area contributed by atoms with E-state index < -0.39 is 0 Å². The van der Waals surface area contributed by atoms with E-state index in [-0.39, 0.29) is 0 Å². The van der Waals surface area contributed by atoms with Crippen LogP contribution in [0.5, 0.6) is 0 Å². The number of hydrogen-bond acceptors (Lipinski definition) is 2. The Morgan fingerprint density at radius 2 is 2.24 bits per heavy atom. The minimum atomic E-state index is 0.717. The average molecular weight is 294 g/mol. The van der Waals surface area contributed by atoms with Crippen molar-refractivity contribution >= 4 is 15.9 Å². The second-order valence-electron chi connectivity index (χ2n) is 3.99.